The van der Waals surface area contributed by atoms with Crippen molar-refractivity contribution < 1.29 is 0 Å². The van der Waals surface area contributed by atoms with Crippen LogP contribution in [0.3, 0.4) is 0 Å². The fourth-order valence-electron chi connectivity index (χ4n) is 2.28. The van der Waals surface area contributed by atoms with Crippen molar-refractivity contribution in [2.24, 2.45) is 0 Å². The van der Waals surface area contributed by atoms with Crippen molar-refractivity contribution in [3.8, 4) is 0 Å². The highest BCUT2D eigenvalue weighted by atomic mass is 15.2. The molecule has 1 aromatic rings. The van der Waals surface area contributed by atoms with Gasteiger partial charge in [0.2, 0.25) is 0 Å². The zero-order valence-corrected chi connectivity index (χ0v) is 9.88. The molecule has 1 heterocycles. The van der Waals surface area contributed by atoms with Crippen molar-refractivity contribution in [2.75, 3.05) is 17.2 Å². The van der Waals surface area contributed by atoms with Gasteiger partial charge in [-0.2, -0.15) is 0 Å². The molecule has 0 spiro atoms. The number of nitrogens with zero attached hydrogens (tertiary/aromatic N) is 1. The minimum atomic E-state index is 0.209. The minimum absolute atomic E-state index is 0.209. The second-order valence-corrected chi connectivity index (χ2v) is 4.92. The highest BCUT2D eigenvalue weighted by Gasteiger charge is 2.31. The molecule has 1 aromatic carbocycles. The largest absolute Gasteiger partial charge is 0.397 e. The van der Waals surface area contributed by atoms with Crippen LogP contribution in [0.4, 0.5) is 11.4 Å². The van der Waals surface area contributed by atoms with Gasteiger partial charge in [-0.25, -0.2) is 0 Å². The van der Waals surface area contributed by atoms with E-state index in [1.165, 1.54) is 11.3 Å². The Morgan fingerprint density at radius 3 is 2.80 bits per heavy atom. The van der Waals surface area contributed by atoms with Crippen molar-refractivity contribution in [2.45, 2.75) is 39.2 Å². The quantitative estimate of drug-likeness (QED) is 0.751. The number of anilines is 2. The summed E-state index contributed by atoms with van der Waals surface area (Å²) in [6.07, 6.45) is 2.27. The number of hydrogen-bond acceptors (Lipinski definition) is 2. The summed E-state index contributed by atoms with van der Waals surface area (Å²) in [6, 6.07) is 6.25. The average molecular weight is 204 g/mol. The summed E-state index contributed by atoms with van der Waals surface area (Å²) in [7, 11) is 0. The normalized spacial score (nSPS) is 15.5. The Bertz CT molecular complexity index is 369. The van der Waals surface area contributed by atoms with E-state index in [9.17, 15) is 0 Å². The van der Waals surface area contributed by atoms with Gasteiger partial charge in [-0.05, 0) is 38.3 Å². The molecule has 15 heavy (non-hydrogen) atoms. The summed E-state index contributed by atoms with van der Waals surface area (Å²) in [4.78, 5) is 2.46. The maximum atomic E-state index is 6.07. The van der Waals surface area contributed by atoms with Gasteiger partial charge in [0, 0.05) is 12.1 Å². The van der Waals surface area contributed by atoms with Crippen molar-refractivity contribution in [1.29, 1.82) is 0 Å². The van der Waals surface area contributed by atoms with Gasteiger partial charge in [0.1, 0.15) is 0 Å². The van der Waals surface area contributed by atoms with Crippen LogP contribution in [0.15, 0.2) is 18.2 Å². The molecular formula is C13H20N2. The lowest BCUT2D eigenvalue weighted by molar-refractivity contribution is 0.456. The fourth-order valence-corrected chi connectivity index (χ4v) is 2.28. The van der Waals surface area contributed by atoms with E-state index in [0.717, 1.165) is 25.1 Å². The van der Waals surface area contributed by atoms with Gasteiger partial charge in [-0.15, -0.1) is 0 Å². The Kier molecular flexibility index (Phi) is 2.37. The van der Waals surface area contributed by atoms with Crippen LogP contribution in [0.1, 0.15) is 32.8 Å². The third-order valence-electron chi connectivity index (χ3n) is 3.62. The highest BCUT2D eigenvalue weighted by Crippen LogP contribution is 2.38. The monoisotopic (exact) mass is 204 g/mol. The first-order chi connectivity index (χ1) is 7.06. The third-order valence-corrected chi connectivity index (χ3v) is 3.62. The van der Waals surface area contributed by atoms with E-state index >= 15 is 0 Å². The van der Waals surface area contributed by atoms with Crippen molar-refractivity contribution in [3.05, 3.63) is 23.8 Å². The molecule has 0 aliphatic carbocycles. The van der Waals surface area contributed by atoms with Gasteiger partial charge in [0.05, 0.1) is 11.4 Å². The Hall–Kier alpha value is -1.18. The molecule has 2 N–H and O–H groups in total. The molecule has 0 fully saturated rings. The fraction of sp³-hybridized carbons (Fsp3) is 0.538. The van der Waals surface area contributed by atoms with E-state index in [1.54, 1.807) is 0 Å². The maximum absolute atomic E-state index is 6.07. The lowest BCUT2D eigenvalue weighted by Crippen LogP contribution is -2.42. The summed E-state index contributed by atoms with van der Waals surface area (Å²) >= 11 is 0. The van der Waals surface area contributed by atoms with Crippen LogP contribution in [0.5, 0.6) is 0 Å². The SMILES string of the molecule is CCC(C)(C)N1CCc2cccc(N)c21. The highest BCUT2D eigenvalue weighted by molar-refractivity contribution is 5.75. The zero-order chi connectivity index (χ0) is 11.1. The number of benzene rings is 1. The molecule has 82 valence electrons. The average Bonchev–Trinajstić information content (AvgIpc) is 2.63. The van der Waals surface area contributed by atoms with Crippen molar-refractivity contribution in [3.63, 3.8) is 0 Å². The first-order valence-electron chi connectivity index (χ1n) is 5.71. The Morgan fingerprint density at radius 1 is 1.40 bits per heavy atom. The second-order valence-electron chi connectivity index (χ2n) is 4.92. The number of para-hydroxylation sites is 1. The molecule has 2 nitrogen and oxygen atoms in total. The molecule has 2 rings (SSSR count). The van der Waals surface area contributed by atoms with Crippen LogP contribution < -0.4 is 10.6 Å². The summed E-state index contributed by atoms with van der Waals surface area (Å²) in [5.74, 6) is 0. The van der Waals surface area contributed by atoms with Gasteiger partial charge in [-0.1, -0.05) is 19.1 Å². The Labute approximate surface area is 92.1 Å². The van der Waals surface area contributed by atoms with Crippen LogP contribution in [0.2, 0.25) is 0 Å². The van der Waals surface area contributed by atoms with Gasteiger partial charge in [0.15, 0.2) is 0 Å². The molecule has 2 heteroatoms. The predicted octanol–water partition coefficient (Wildman–Crippen LogP) is 2.82. The maximum Gasteiger partial charge on any atom is 0.0637 e. The van der Waals surface area contributed by atoms with Gasteiger partial charge in [-0.3, -0.25) is 0 Å². The number of fused-ring (bicyclic) bond motifs is 1. The van der Waals surface area contributed by atoms with E-state index in [-0.39, 0.29) is 5.54 Å². The van der Waals surface area contributed by atoms with E-state index in [0.29, 0.717) is 0 Å². The third kappa shape index (κ3) is 1.58. The molecule has 1 aliphatic heterocycles. The summed E-state index contributed by atoms with van der Waals surface area (Å²) < 4.78 is 0. The van der Waals surface area contributed by atoms with Crippen LogP contribution in [-0.2, 0) is 6.42 Å². The van der Waals surface area contributed by atoms with E-state index < -0.39 is 0 Å². The number of hydrogen-bond donors (Lipinski definition) is 1. The topological polar surface area (TPSA) is 29.3 Å². The molecule has 0 unspecified atom stereocenters. The lowest BCUT2D eigenvalue weighted by Gasteiger charge is -2.37. The van der Waals surface area contributed by atoms with Crippen LogP contribution in [-0.4, -0.2) is 12.1 Å². The van der Waals surface area contributed by atoms with Gasteiger partial charge in [0.25, 0.3) is 0 Å². The number of rotatable bonds is 2. The lowest BCUT2D eigenvalue weighted by atomic mass is 9.99. The minimum Gasteiger partial charge on any atom is -0.397 e. The van der Waals surface area contributed by atoms with Gasteiger partial charge < -0.3 is 10.6 Å². The standard InChI is InChI=1S/C13H20N2/c1-4-13(2,3)15-9-8-10-6-5-7-11(14)12(10)15/h5-7H,4,8-9,14H2,1-3H3. The molecule has 0 saturated heterocycles. The molecule has 0 saturated carbocycles. The van der Waals surface area contributed by atoms with Crippen molar-refractivity contribution in [1.82, 2.24) is 0 Å². The number of nitrogens with two attached hydrogens (primary N) is 1. The first-order valence-corrected chi connectivity index (χ1v) is 5.71. The van der Waals surface area contributed by atoms with E-state index in [4.69, 9.17) is 5.73 Å². The molecule has 0 bridgehead atoms. The summed E-state index contributed by atoms with van der Waals surface area (Å²) in [6.45, 7) is 7.91. The van der Waals surface area contributed by atoms with Gasteiger partial charge >= 0.3 is 0 Å². The predicted molar refractivity (Wildman–Crippen MR) is 66.3 cm³/mol. The smallest absolute Gasteiger partial charge is 0.0637 e. The van der Waals surface area contributed by atoms with Crippen LogP contribution in [0.25, 0.3) is 0 Å². The van der Waals surface area contributed by atoms with Crippen molar-refractivity contribution >= 4 is 11.4 Å². The molecule has 1 aliphatic rings. The zero-order valence-electron chi connectivity index (χ0n) is 9.88. The summed E-state index contributed by atoms with van der Waals surface area (Å²) in [5.41, 5.74) is 9.87. The molecular weight excluding hydrogens is 184 g/mol. The molecule has 0 amide bonds. The van der Waals surface area contributed by atoms with Crippen LogP contribution in [0, 0.1) is 0 Å². The molecule has 0 atom stereocenters. The Morgan fingerprint density at radius 2 is 2.13 bits per heavy atom. The second kappa shape index (κ2) is 3.44. The molecule has 0 radical (unpaired) electrons. The number of nitrogen functional groups attached to an aromatic ring is 1. The van der Waals surface area contributed by atoms with E-state index in [1.807, 2.05) is 6.07 Å². The Balaban J connectivity index is 2.44. The molecule has 0 aromatic heterocycles. The first kappa shape index (κ1) is 10.3. The summed E-state index contributed by atoms with van der Waals surface area (Å²) in [5, 5.41) is 0. The van der Waals surface area contributed by atoms with Crippen LogP contribution >= 0.6 is 0 Å². The van der Waals surface area contributed by atoms with E-state index in [2.05, 4.69) is 37.8 Å².